The van der Waals surface area contributed by atoms with Crippen LogP contribution in [-0.4, -0.2) is 33.2 Å². The van der Waals surface area contributed by atoms with E-state index >= 15 is 0 Å². The highest BCUT2D eigenvalue weighted by molar-refractivity contribution is 7.98. The normalized spacial score (nSPS) is 10.8. The Hall–Kier alpha value is -3.08. The molecule has 1 amide bonds. The predicted molar refractivity (Wildman–Crippen MR) is 127 cm³/mol. The number of nitro benzene ring substituents is 1. The minimum atomic E-state index is -0.764. The van der Waals surface area contributed by atoms with Crippen LogP contribution in [0.3, 0.4) is 0 Å². The number of carbonyl (C=O) groups is 1. The minimum Gasteiger partial charge on any atom is -0.383 e. The number of nitrogens with zero attached hydrogens (tertiary/aromatic N) is 3. The maximum Gasteiger partial charge on any atom is 0.330 e. The second kappa shape index (κ2) is 11.5. The first-order chi connectivity index (χ1) is 15.3. The summed E-state index contributed by atoms with van der Waals surface area (Å²) >= 11 is 1.20. The molecule has 0 atom stereocenters. The molecular weight excluding hydrogens is 434 g/mol. The lowest BCUT2D eigenvalue weighted by molar-refractivity contribution is -0.387. The van der Waals surface area contributed by atoms with Crippen LogP contribution < -0.4 is 21.9 Å². The number of unbranched alkanes of at least 4 members (excludes halogenated alkanes) is 3. The van der Waals surface area contributed by atoms with Crippen molar-refractivity contribution in [1.29, 1.82) is 0 Å². The summed E-state index contributed by atoms with van der Waals surface area (Å²) in [5.74, 6) is -0.679. The maximum atomic E-state index is 13.4. The van der Waals surface area contributed by atoms with Gasteiger partial charge in [-0.15, -0.1) is 11.8 Å². The largest absolute Gasteiger partial charge is 0.383 e. The van der Waals surface area contributed by atoms with Crippen molar-refractivity contribution in [1.82, 2.24) is 9.55 Å². The smallest absolute Gasteiger partial charge is 0.330 e. The number of aromatic nitrogens is 2. The van der Waals surface area contributed by atoms with E-state index < -0.39 is 22.1 Å². The van der Waals surface area contributed by atoms with Crippen molar-refractivity contribution in [2.45, 2.75) is 57.4 Å². The highest BCUT2D eigenvalue weighted by Crippen LogP contribution is 2.29. The van der Waals surface area contributed by atoms with E-state index in [1.165, 1.54) is 39.4 Å². The molecule has 0 saturated carbocycles. The number of nitro groups is 1. The number of anilines is 2. The van der Waals surface area contributed by atoms with Crippen LogP contribution in [0.5, 0.6) is 0 Å². The third kappa shape index (κ3) is 5.58. The van der Waals surface area contributed by atoms with E-state index in [4.69, 9.17) is 5.73 Å². The molecule has 11 heteroatoms. The van der Waals surface area contributed by atoms with Gasteiger partial charge in [-0.2, -0.15) is 0 Å². The number of rotatable bonds is 11. The third-order valence-electron chi connectivity index (χ3n) is 5.07. The molecule has 1 heterocycles. The lowest BCUT2D eigenvalue weighted by Crippen LogP contribution is -2.41. The van der Waals surface area contributed by atoms with E-state index in [9.17, 15) is 24.5 Å². The molecule has 0 fully saturated rings. The second-order valence-electron chi connectivity index (χ2n) is 7.31. The number of hydrogen-bond acceptors (Lipinski definition) is 7. The van der Waals surface area contributed by atoms with Crippen molar-refractivity contribution in [3.63, 3.8) is 0 Å². The van der Waals surface area contributed by atoms with Gasteiger partial charge < -0.3 is 10.6 Å². The lowest BCUT2D eigenvalue weighted by Gasteiger charge is -2.24. The number of aromatic amines is 1. The Morgan fingerprint density at radius 3 is 2.50 bits per heavy atom. The van der Waals surface area contributed by atoms with Gasteiger partial charge in [0, 0.05) is 24.7 Å². The summed E-state index contributed by atoms with van der Waals surface area (Å²) in [6.45, 7) is 4.45. The molecule has 174 valence electrons. The number of carbonyl (C=O) groups excluding carboxylic acids is 1. The fraction of sp³-hybridized carbons (Fsp3) is 0.476. The van der Waals surface area contributed by atoms with Crippen molar-refractivity contribution in [3.05, 3.63) is 54.7 Å². The summed E-state index contributed by atoms with van der Waals surface area (Å²) < 4.78 is 1.25. The van der Waals surface area contributed by atoms with Crippen molar-refractivity contribution >= 4 is 34.9 Å². The van der Waals surface area contributed by atoms with Crippen molar-refractivity contribution < 1.29 is 9.72 Å². The van der Waals surface area contributed by atoms with Crippen LogP contribution in [0, 0.1) is 10.1 Å². The van der Waals surface area contributed by atoms with Gasteiger partial charge in [0.2, 0.25) is 0 Å². The number of nitrogens with two attached hydrogens (primary N) is 1. The maximum absolute atomic E-state index is 13.4. The zero-order chi connectivity index (χ0) is 23.8. The SMILES string of the molecule is CCCCCN(C(=O)c1ccc(SC)c([N+](=O)[O-])c1)c1c(N)n(CCCC)c(=O)[nH]c1=O. The number of nitrogen functional groups attached to an aromatic ring is 1. The van der Waals surface area contributed by atoms with Crippen molar-refractivity contribution in [3.8, 4) is 0 Å². The molecule has 0 bridgehead atoms. The van der Waals surface area contributed by atoms with Crippen LogP contribution in [0.15, 0.2) is 32.7 Å². The van der Waals surface area contributed by atoms with Crippen molar-refractivity contribution in [2.24, 2.45) is 0 Å². The molecule has 0 saturated heterocycles. The fourth-order valence-corrected chi connectivity index (χ4v) is 3.88. The molecule has 32 heavy (non-hydrogen) atoms. The van der Waals surface area contributed by atoms with Crippen molar-refractivity contribution in [2.75, 3.05) is 23.4 Å². The Kier molecular flexibility index (Phi) is 9.06. The van der Waals surface area contributed by atoms with Crippen LogP contribution >= 0.6 is 11.8 Å². The average Bonchev–Trinajstić information content (AvgIpc) is 2.76. The molecule has 0 unspecified atom stereocenters. The zero-order valence-corrected chi connectivity index (χ0v) is 19.4. The number of hydrogen-bond donors (Lipinski definition) is 2. The average molecular weight is 464 g/mol. The minimum absolute atomic E-state index is 0.0658. The molecule has 0 aliphatic rings. The molecule has 2 aromatic rings. The summed E-state index contributed by atoms with van der Waals surface area (Å²) in [7, 11) is 0. The predicted octanol–water partition coefficient (Wildman–Crippen LogP) is 3.39. The van der Waals surface area contributed by atoms with Gasteiger partial charge in [-0.25, -0.2) is 4.79 Å². The molecule has 0 aliphatic heterocycles. The molecular formula is C21H29N5O5S. The zero-order valence-electron chi connectivity index (χ0n) is 18.6. The van der Waals surface area contributed by atoms with E-state index in [1.54, 1.807) is 6.26 Å². The van der Waals surface area contributed by atoms with E-state index in [1.807, 2.05) is 13.8 Å². The van der Waals surface area contributed by atoms with Gasteiger partial charge in [0.05, 0.1) is 9.82 Å². The molecule has 10 nitrogen and oxygen atoms in total. The Bertz CT molecular complexity index is 1090. The summed E-state index contributed by atoms with van der Waals surface area (Å²) in [6, 6.07) is 4.21. The Morgan fingerprint density at radius 2 is 1.91 bits per heavy atom. The van der Waals surface area contributed by atoms with Crippen LogP contribution in [-0.2, 0) is 6.54 Å². The van der Waals surface area contributed by atoms with Gasteiger partial charge in [-0.3, -0.25) is 29.3 Å². The van der Waals surface area contributed by atoms with Crippen LogP contribution in [0.25, 0.3) is 0 Å². The Labute approximate surface area is 190 Å². The summed E-state index contributed by atoms with van der Waals surface area (Å²) in [5.41, 5.74) is 4.58. The second-order valence-corrected chi connectivity index (χ2v) is 8.15. The fourth-order valence-electron chi connectivity index (χ4n) is 3.33. The van der Waals surface area contributed by atoms with E-state index in [0.29, 0.717) is 24.3 Å². The molecule has 1 aromatic carbocycles. The van der Waals surface area contributed by atoms with Gasteiger partial charge in [-0.1, -0.05) is 33.1 Å². The molecule has 0 spiro atoms. The molecule has 1 aromatic heterocycles. The van der Waals surface area contributed by atoms with E-state index in [-0.39, 0.29) is 29.3 Å². The molecule has 0 aliphatic carbocycles. The van der Waals surface area contributed by atoms with Gasteiger partial charge in [0.1, 0.15) is 5.82 Å². The first-order valence-corrected chi connectivity index (χ1v) is 11.8. The van der Waals surface area contributed by atoms with Gasteiger partial charge in [-0.05, 0) is 31.2 Å². The third-order valence-corrected chi connectivity index (χ3v) is 5.86. The van der Waals surface area contributed by atoms with Gasteiger partial charge in [0.15, 0.2) is 5.69 Å². The highest BCUT2D eigenvalue weighted by Gasteiger charge is 2.27. The number of amides is 1. The summed E-state index contributed by atoms with van der Waals surface area (Å²) in [5, 5.41) is 11.5. The Balaban J connectivity index is 2.62. The number of H-pyrrole nitrogens is 1. The highest BCUT2D eigenvalue weighted by atomic mass is 32.2. The molecule has 2 rings (SSSR count). The van der Waals surface area contributed by atoms with Crippen LogP contribution in [0.1, 0.15) is 56.3 Å². The van der Waals surface area contributed by atoms with Gasteiger partial charge >= 0.3 is 5.69 Å². The van der Waals surface area contributed by atoms with E-state index in [2.05, 4.69) is 4.98 Å². The van der Waals surface area contributed by atoms with Crippen LogP contribution in [0.2, 0.25) is 0 Å². The quantitative estimate of drug-likeness (QED) is 0.225. The first kappa shape index (κ1) is 25.2. The van der Waals surface area contributed by atoms with Gasteiger partial charge in [0.25, 0.3) is 17.2 Å². The first-order valence-electron chi connectivity index (χ1n) is 10.5. The number of benzene rings is 1. The molecule has 3 N–H and O–H groups in total. The summed E-state index contributed by atoms with van der Waals surface area (Å²) in [6.07, 6.45) is 5.48. The number of nitrogens with one attached hydrogen (secondary N) is 1. The number of thioether (sulfide) groups is 1. The lowest BCUT2D eigenvalue weighted by atomic mass is 10.1. The van der Waals surface area contributed by atoms with E-state index in [0.717, 1.165) is 19.3 Å². The summed E-state index contributed by atoms with van der Waals surface area (Å²) in [4.78, 5) is 53.2. The monoisotopic (exact) mass is 463 g/mol. The Morgan fingerprint density at radius 1 is 1.22 bits per heavy atom. The van der Waals surface area contributed by atoms with Crippen LogP contribution in [0.4, 0.5) is 17.2 Å². The standard InChI is InChI=1S/C21H29N5O5S/c1-4-6-8-12-24(17-18(22)25(11-7-5-2)21(29)23-19(17)27)20(28)14-9-10-16(32-3)15(13-14)26(30)31/h9-10,13H,4-8,11-12,22H2,1-3H3,(H,23,27,29). The molecule has 0 radical (unpaired) electrons. The topological polar surface area (TPSA) is 144 Å².